The van der Waals surface area contributed by atoms with Crippen LogP contribution in [0.25, 0.3) is 0 Å². The zero-order chi connectivity index (χ0) is 17.5. The van der Waals surface area contributed by atoms with Crippen molar-refractivity contribution in [1.82, 2.24) is 9.97 Å². The van der Waals surface area contributed by atoms with E-state index >= 15 is 0 Å². The lowest BCUT2D eigenvalue weighted by atomic mass is 9.74. The van der Waals surface area contributed by atoms with Crippen molar-refractivity contribution in [3.63, 3.8) is 0 Å². The summed E-state index contributed by atoms with van der Waals surface area (Å²) in [5.74, 6) is 0.748. The highest BCUT2D eigenvalue weighted by Gasteiger charge is 2.82. The smallest absolute Gasteiger partial charge is 0.254 e. The number of aromatic nitrogens is 2. The average molecular weight is 342 g/mol. The Morgan fingerprint density at radius 1 is 1.20 bits per heavy atom. The van der Waals surface area contributed by atoms with Gasteiger partial charge in [0.05, 0.1) is 16.6 Å². The normalized spacial score (nSPS) is 40.1. The maximum Gasteiger partial charge on any atom is 0.254 e. The summed E-state index contributed by atoms with van der Waals surface area (Å²) >= 11 is 0. The lowest BCUT2D eigenvalue weighted by molar-refractivity contribution is -0.0161. The molecule has 4 aliphatic rings. The predicted molar refractivity (Wildman–Crippen MR) is 93.2 cm³/mol. The molecule has 1 heterocycles. The van der Waals surface area contributed by atoms with E-state index in [9.17, 15) is 9.90 Å². The molecule has 3 unspecified atom stereocenters. The van der Waals surface area contributed by atoms with E-state index < -0.39 is 11.5 Å². The number of primary amides is 1. The van der Waals surface area contributed by atoms with Crippen LogP contribution in [-0.2, 0) is 5.41 Å². The topological polar surface area (TPSA) is 101 Å². The summed E-state index contributed by atoms with van der Waals surface area (Å²) in [6.45, 7) is 2.15. The van der Waals surface area contributed by atoms with Gasteiger partial charge in [-0.25, -0.2) is 9.97 Å². The molecule has 1 aromatic heterocycles. The second-order valence-electron chi connectivity index (χ2n) is 9.11. The molecule has 3 atom stereocenters. The van der Waals surface area contributed by atoms with E-state index in [4.69, 9.17) is 10.7 Å². The summed E-state index contributed by atoms with van der Waals surface area (Å²) < 4.78 is 0. The number of aliphatic hydroxyl groups is 1. The molecule has 0 aromatic carbocycles. The summed E-state index contributed by atoms with van der Waals surface area (Å²) in [4.78, 5) is 21.2. The van der Waals surface area contributed by atoms with E-state index in [0.717, 1.165) is 51.4 Å². The van der Waals surface area contributed by atoms with Crippen molar-refractivity contribution in [3.05, 3.63) is 17.6 Å². The summed E-state index contributed by atoms with van der Waals surface area (Å²) in [5, 5.41) is 14.7. The number of nitrogens with one attached hydrogen (secondary N) is 1. The molecule has 6 heteroatoms. The van der Waals surface area contributed by atoms with Crippen LogP contribution in [-0.4, -0.2) is 32.1 Å². The van der Waals surface area contributed by atoms with Gasteiger partial charge >= 0.3 is 0 Å². The van der Waals surface area contributed by atoms with Gasteiger partial charge in [0, 0.05) is 11.7 Å². The van der Waals surface area contributed by atoms with Gasteiger partial charge in [-0.15, -0.1) is 0 Å². The van der Waals surface area contributed by atoms with Gasteiger partial charge in [0.1, 0.15) is 11.6 Å². The largest absolute Gasteiger partial charge is 0.389 e. The third-order valence-corrected chi connectivity index (χ3v) is 7.75. The van der Waals surface area contributed by atoms with Crippen LogP contribution in [0.3, 0.4) is 0 Å². The summed E-state index contributed by atoms with van der Waals surface area (Å²) in [7, 11) is 0. The van der Waals surface area contributed by atoms with Gasteiger partial charge in [-0.1, -0.05) is 0 Å². The van der Waals surface area contributed by atoms with Crippen LogP contribution in [0.4, 0.5) is 5.82 Å². The Kier molecular flexibility index (Phi) is 2.82. The van der Waals surface area contributed by atoms with Gasteiger partial charge in [-0.05, 0) is 70.1 Å². The molecule has 1 amide bonds. The molecule has 1 aromatic rings. The first-order chi connectivity index (χ1) is 11.8. The molecule has 5 rings (SSSR count). The molecule has 0 aliphatic heterocycles. The molecule has 25 heavy (non-hydrogen) atoms. The third kappa shape index (κ3) is 1.81. The van der Waals surface area contributed by atoms with Gasteiger partial charge < -0.3 is 16.2 Å². The second kappa shape index (κ2) is 4.53. The molecule has 134 valence electrons. The zero-order valence-corrected chi connectivity index (χ0v) is 14.8. The molecular weight excluding hydrogens is 316 g/mol. The Bertz CT molecular complexity index is 773. The van der Waals surface area contributed by atoms with Crippen LogP contribution in [0.15, 0.2) is 6.20 Å². The van der Waals surface area contributed by atoms with E-state index in [1.807, 2.05) is 0 Å². The highest BCUT2D eigenvalue weighted by molar-refractivity contribution is 5.97. The molecule has 4 fully saturated rings. The quantitative estimate of drug-likeness (QED) is 0.779. The third-order valence-electron chi connectivity index (χ3n) is 7.75. The van der Waals surface area contributed by atoms with Crippen molar-refractivity contribution in [1.29, 1.82) is 0 Å². The van der Waals surface area contributed by atoms with Gasteiger partial charge in [0.25, 0.3) is 5.91 Å². The molecule has 6 nitrogen and oxygen atoms in total. The Morgan fingerprint density at radius 2 is 1.96 bits per heavy atom. The first-order valence-electron chi connectivity index (χ1n) is 9.51. The fourth-order valence-corrected chi connectivity index (χ4v) is 6.07. The second-order valence-corrected chi connectivity index (χ2v) is 9.11. The molecule has 4 aliphatic carbocycles. The van der Waals surface area contributed by atoms with E-state index in [1.54, 1.807) is 6.20 Å². The van der Waals surface area contributed by atoms with Crippen LogP contribution in [0, 0.1) is 5.41 Å². The molecule has 4 N–H and O–H groups in total. The van der Waals surface area contributed by atoms with Crippen molar-refractivity contribution >= 4 is 11.7 Å². The van der Waals surface area contributed by atoms with E-state index in [0.29, 0.717) is 17.2 Å². The average Bonchev–Trinajstić information content (AvgIpc) is 3.22. The summed E-state index contributed by atoms with van der Waals surface area (Å²) in [6, 6.07) is 0. The SMILES string of the molecule is CC1(Nc2nc(C34CC35CCCC4(O)CC5)ncc2C(N)=O)CCC1. The maximum absolute atomic E-state index is 11.8. The van der Waals surface area contributed by atoms with E-state index in [2.05, 4.69) is 17.2 Å². The van der Waals surface area contributed by atoms with Crippen LogP contribution in [0.5, 0.6) is 0 Å². The molecule has 2 bridgehead atoms. The highest BCUT2D eigenvalue weighted by Crippen LogP contribution is 2.81. The number of anilines is 1. The van der Waals surface area contributed by atoms with E-state index in [1.165, 1.54) is 6.42 Å². The number of carbonyl (C=O) groups excluding carboxylic acids is 1. The minimum absolute atomic E-state index is 0.0306. The standard InChI is InChI=1S/C19H26N4O2/c1-16(4-2-5-16)23-14-12(13(20)24)10-21-15(22-14)19-11-17(19)6-3-7-18(19,25)9-8-17/h10,25H,2-9,11H2,1H3,(H2,20,24)(H,21,22,23). The minimum Gasteiger partial charge on any atom is -0.389 e. The van der Waals surface area contributed by atoms with Crippen molar-refractivity contribution in [2.24, 2.45) is 11.1 Å². The lowest BCUT2D eigenvalue weighted by Crippen LogP contribution is -2.45. The van der Waals surface area contributed by atoms with Crippen LogP contribution in [0.1, 0.15) is 80.9 Å². The number of nitrogens with two attached hydrogens (primary N) is 1. The van der Waals surface area contributed by atoms with Crippen molar-refractivity contribution in [2.45, 2.75) is 81.3 Å². The first-order valence-corrected chi connectivity index (χ1v) is 9.51. The number of hydrogen-bond acceptors (Lipinski definition) is 5. The molecule has 0 radical (unpaired) electrons. The summed E-state index contributed by atoms with van der Waals surface area (Å²) in [6.07, 6.45) is 10.8. The minimum atomic E-state index is -0.683. The molecule has 0 spiro atoms. The predicted octanol–water partition coefficient (Wildman–Crippen LogP) is 2.27. The molecule has 4 saturated carbocycles. The number of nitrogens with zero attached hydrogens (tertiary/aromatic N) is 2. The number of hydrogen-bond donors (Lipinski definition) is 3. The van der Waals surface area contributed by atoms with Crippen LogP contribution >= 0.6 is 0 Å². The molecule has 0 saturated heterocycles. The number of rotatable bonds is 4. The first kappa shape index (κ1) is 15.6. The Balaban J connectivity index is 1.58. The van der Waals surface area contributed by atoms with Crippen molar-refractivity contribution in [3.8, 4) is 0 Å². The lowest BCUT2D eigenvalue weighted by Gasteiger charge is -2.40. The van der Waals surface area contributed by atoms with Gasteiger partial charge in [0.15, 0.2) is 0 Å². The fraction of sp³-hybridized carbons (Fsp3) is 0.737. The van der Waals surface area contributed by atoms with Crippen LogP contribution in [0.2, 0.25) is 0 Å². The van der Waals surface area contributed by atoms with Crippen LogP contribution < -0.4 is 11.1 Å². The van der Waals surface area contributed by atoms with E-state index in [-0.39, 0.29) is 16.4 Å². The number of carbonyl (C=O) groups is 1. The monoisotopic (exact) mass is 342 g/mol. The highest BCUT2D eigenvalue weighted by atomic mass is 16.3. The van der Waals surface area contributed by atoms with Gasteiger partial charge in [-0.3, -0.25) is 4.79 Å². The van der Waals surface area contributed by atoms with Crippen molar-refractivity contribution < 1.29 is 9.90 Å². The zero-order valence-electron chi connectivity index (χ0n) is 14.8. The van der Waals surface area contributed by atoms with Gasteiger partial charge in [0.2, 0.25) is 0 Å². The molecular formula is C19H26N4O2. The maximum atomic E-state index is 11.8. The van der Waals surface area contributed by atoms with Crippen molar-refractivity contribution in [2.75, 3.05) is 5.32 Å². The summed E-state index contributed by atoms with van der Waals surface area (Å²) in [5.41, 5.74) is 5.04. The number of amides is 1. The Hall–Kier alpha value is -1.69. The Labute approximate surface area is 147 Å². The fourth-order valence-electron chi connectivity index (χ4n) is 6.07. The van der Waals surface area contributed by atoms with Gasteiger partial charge in [-0.2, -0.15) is 0 Å². The Morgan fingerprint density at radius 3 is 2.60 bits per heavy atom.